The van der Waals surface area contributed by atoms with Crippen molar-refractivity contribution in [1.82, 2.24) is 10.3 Å². The molecule has 7 nitrogen and oxygen atoms in total. The van der Waals surface area contributed by atoms with E-state index in [0.29, 0.717) is 30.3 Å². The molecule has 1 aliphatic rings. The van der Waals surface area contributed by atoms with Crippen molar-refractivity contribution in [1.29, 1.82) is 0 Å². The van der Waals surface area contributed by atoms with Crippen molar-refractivity contribution in [3.8, 4) is 16.9 Å². The molecule has 1 aliphatic heterocycles. The minimum absolute atomic E-state index is 0. The van der Waals surface area contributed by atoms with Crippen LogP contribution in [-0.2, 0) is 16.0 Å². The third-order valence-corrected chi connectivity index (χ3v) is 5.02. The van der Waals surface area contributed by atoms with Crippen LogP contribution in [0.25, 0.3) is 11.1 Å². The number of halogens is 1. The fourth-order valence-corrected chi connectivity index (χ4v) is 3.70. The molecule has 8 heteroatoms. The molecular weight excluding hydrogens is 404 g/mol. The van der Waals surface area contributed by atoms with E-state index in [9.17, 15) is 9.59 Å². The quantitative estimate of drug-likeness (QED) is 0.755. The molecule has 0 radical (unpaired) electrons. The van der Waals surface area contributed by atoms with E-state index in [1.165, 1.54) is 6.92 Å². The van der Waals surface area contributed by atoms with Gasteiger partial charge in [-0.05, 0) is 56.5 Å². The Morgan fingerprint density at radius 2 is 2.00 bits per heavy atom. The first kappa shape index (κ1) is 23.5. The summed E-state index contributed by atoms with van der Waals surface area (Å²) in [5.74, 6) is 0.865. The number of hydrogen-bond acceptors (Lipinski definition) is 5. The van der Waals surface area contributed by atoms with Gasteiger partial charge >= 0.3 is 0 Å². The molecule has 2 heterocycles. The van der Waals surface area contributed by atoms with Gasteiger partial charge in [-0.1, -0.05) is 13.0 Å². The van der Waals surface area contributed by atoms with E-state index in [-0.39, 0.29) is 24.2 Å². The Bertz CT molecular complexity index is 975. The van der Waals surface area contributed by atoms with Crippen LogP contribution < -0.4 is 20.7 Å². The van der Waals surface area contributed by atoms with E-state index in [1.54, 1.807) is 18.7 Å². The lowest BCUT2D eigenvalue weighted by atomic mass is 9.95. The summed E-state index contributed by atoms with van der Waals surface area (Å²) in [5, 5.41) is 2.75. The molecule has 0 saturated heterocycles. The monoisotopic (exact) mass is 432 g/mol. The number of carbonyl (C=O) groups is 2. The first-order chi connectivity index (χ1) is 13.6. The van der Waals surface area contributed by atoms with Crippen LogP contribution >= 0.6 is 12.4 Å². The molecule has 1 aromatic carbocycles. The summed E-state index contributed by atoms with van der Waals surface area (Å²) >= 11 is 0. The van der Waals surface area contributed by atoms with Gasteiger partial charge in [0.15, 0.2) is 5.60 Å². The summed E-state index contributed by atoms with van der Waals surface area (Å²) in [4.78, 5) is 30.5. The van der Waals surface area contributed by atoms with Crippen molar-refractivity contribution in [2.24, 2.45) is 0 Å². The molecule has 0 saturated carbocycles. The largest absolute Gasteiger partial charge is 0.476 e. The summed E-state index contributed by atoms with van der Waals surface area (Å²) in [7, 11) is 0. The Kier molecular flexibility index (Phi) is 6.98. The van der Waals surface area contributed by atoms with Gasteiger partial charge in [-0.15, -0.1) is 12.4 Å². The lowest BCUT2D eigenvalue weighted by molar-refractivity contribution is -0.132. The number of amides is 2. The highest BCUT2D eigenvalue weighted by atomic mass is 35.5. The van der Waals surface area contributed by atoms with Crippen molar-refractivity contribution in [3.05, 3.63) is 35.5 Å². The molecule has 162 valence electrons. The summed E-state index contributed by atoms with van der Waals surface area (Å²) in [6.07, 6.45) is 0.743. The number of ether oxygens (including phenoxy) is 1. The summed E-state index contributed by atoms with van der Waals surface area (Å²) in [5.41, 5.74) is 9.55. The Morgan fingerprint density at radius 1 is 1.30 bits per heavy atom. The second kappa shape index (κ2) is 8.92. The SMILES string of the molecule is CCc1nc(N)cc(C)c1-c1ccc2c(c1)N(CCNC(C)=O)C(=O)C(C)(C)O2.Cl. The lowest BCUT2D eigenvalue weighted by Crippen LogP contribution is -2.54. The minimum Gasteiger partial charge on any atom is -0.476 e. The number of nitrogen functional groups attached to an aromatic ring is 1. The predicted octanol–water partition coefficient (Wildman–Crippen LogP) is 3.26. The molecule has 0 atom stereocenters. The first-order valence-corrected chi connectivity index (χ1v) is 9.80. The smallest absolute Gasteiger partial charge is 0.270 e. The fourth-order valence-electron chi connectivity index (χ4n) is 3.70. The second-order valence-electron chi connectivity index (χ2n) is 7.77. The van der Waals surface area contributed by atoms with Gasteiger partial charge in [-0.25, -0.2) is 4.98 Å². The fraction of sp³-hybridized carbons (Fsp3) is 0.409. The van der Waals surface area contributed by atoms with Gasteiger partial charge in [0, 0.05) is 25.6 Å². The van der Waals surface area contributed by atoms with Gasteiger partial charge in [-0.2, -0.15) is 0 Å². The number of nitrogens with two attached hydrogens (primary N) is 1. The average molecular weight is 433 g/mol. The van der Waals surface area contributed by atoms with Gasteiger partial charge < -0.3 is 20.7 Å². The summed E-state index contributed by atoms with van der Waals surface area (Å²) in [6.45, 7) is 9.73. The van der Waals surface area contributed by atoms with Crippen LogP contribution in [0.4, 0.5) is 11.5 Å². The number of rotatable bonds is 5. The van der Waals surface area contributed by atoms with Gasteiger partial charge in [0.1, 0.15) is 11.6 Å². The van der Waals surface area contributed by atoms with Crippen LogP contribution in [0.15, 0.2) is 24.3 Å². The molecule has 0 bridgehead atoms. The van der Waals surface area contributed by atoms with Crippen LogP contribution in [0.1, 0.15) is 39.0 Å². The normalized spacial score (nSPS) is 14.4. The zero-order valence-electron chi connectivity index (χ0n) is 18.0. The Balaban J connectivity index is 0.00000320. The zero-order valence-corrected chi connectivity index (χ0v) is 18.9. The number of fused-ring (bicyclic) bond motifs is 1. The Labute approximate surface area is 183 Å². The third-order valence-electron chi connectivity index (χ3n) is 5.02. The van der Waals surface area contributed by atoms with E-state index >= 15 is 0 Å². The number of benzene rings is 1. The second-order valence-corrected chi connectivity index (χ2v) is 7.77. The number of anilines is 2. The number of pyridine rings is 1. The number of aryl methyl sites for hydroxylation is 2. The van der Waals surface area contributed by atoms with E-state index in [0.717, 1.165) is 28.8 Å². The van der Waals surface area contributed by atoms with Crippen molar-refractivity contribution in [2.45, 2.75) is 46.6 Å². The van der Waals surface area contributed by atoms with Gasteiger partial charge in [0.2, 0.25) is 5.91 Å². The van der Waals surface area contributed by atoms with Crippen molar-refractivity contribution < 1.29 is 14.3 Å². The van der Waals surface area contributed by atoms with E-state index < -0.39 is 5.60 Å². The maximum Gasteiger partial charge on any atom is 0.270 e. The number of aromatic nitrogens is 1. The highest BCUT2D eigenvalue weighted by Crippen LogP contribution is 2.41. The van der Waals surface area contributed by atoms with Crippen molar-refractivity contribution >= 4 is 35.7 Å². The molecule has 1 aromatic heterocycles. The molecule has 0 spiro atoms. The van der Waals surface area contributed by atoms with Crippen molar-refractivity contribution in [2.75, 3.05) is 23.7 Å². The molecule has 0 unspecified atom stereocenters. The van der Waals surface area contributed by atoms with Gasteiger partial charge in [-0.3, -0.25) is 9.59 Å². The van der Waals surface area contributed by atoms with Crippen LogP contribution in [-0.4, -0.2) is 35.5 Å². The maximum absolute atomic E-state index is 13.0. The molecule has 2 amide bonds. The predicted molar refractivity (Wildman–Crippen MR) is 121 cm³/mol. The minimum atomic E-state index is -0.974. The van der Waals surface area contributed by atoms with Crippen LogP contribution in [0.2, 0.25) is 0 Å². The van der Waals surface area contributed by atoms with Crippen LogP contribution in [0, 0.1) is 6.92 Å². The zero-order chi connectivity index (χ0) is 21.3. The van der Waals surface area contributed by atoms with E-state index in [4.69, 9.17) is 10.5 Å². The van der Waals surface area contributed by atoms with Crippen LogP contribution in [0.3, 0.4) is 0 Å². The Hall–Kier alpha value is -2.80. The molecule has 30 heavy (non-hydrogen) atoms. The Morgan fingerprint density at radius 3 is 2.63 bits per heavy atom. The highest BCUT2D eigenvalue weighted by molar-refractivity contribution is 6.03. The van der Waals surface area contributed by atoms with Crippen LogP contribution in [0.5, 0.6) is 5.75 Å². The first-order valence-electron chi connectivity index (χ1n) is 9.80. The topological polar surface area (TPSA) is 97.5 Å². The number of hydrogen-bond donors (Lipinski definition) is 2. The summed E-state index contributed by atoms with van der Waals surface area (Å²) in [6, 6.07) is 7.68. The summed E-state index contributed by atoms with van der Waals surface area (Å²) < 4.78 is 5.97. The number of carbonyl (C=O) groups excluding carboxylic acids is 2. The molecule has 0 fully saturated rings. The molecule has 0 aliphatic carbocycles. The number of nitrogens with zero attached hydrogens (tertiary/aromatic N) is 2. The highest BCUT2D eigenvalue weighted by Gasteiger charge is 2.40. The number of nitrogens with one attached hydrogen (secondary N) is 1. The maximum atomic E-state index is 13.0. The van der Waals surface area contributed by atoms with E-state index in [2.05, 4.69) is 10.3 Å². The van der Waals surface area contributed by atoms with E-state index in [1.807, 2.05) is 38.1 Å². The van der Waals surface area contributed by atoms with Crippen molar-refractivity contribution in [3.63, 3.8) is 0 Å². The van der Waals surface area contributed by atoms with Gasteiger partial charge in [0.05, 0.1) is 11.4 Å². The standard InChI is InChI=1S/C22H28N4O3.ClH/c1-6-16-20(13(2)11-19(23)25-16)15-7-8-18-17(12-15)26(10-9-24-14(3)27)21(28)22(4,5)29-18;/h7-8,11-12H,6,9-10H2,1-5H3,(H2,23,25)(H,24,27);1H. The average Bonchev–Trinajstić information content (AvgIpc) is 2.63. The lowest BCUT2D eigenvalue weighted by Gasteiger charge is -2.39. The molecule has 3 rings (SSSR count). The molecule has 2 aromatic rings. The molecule has 3 N–H and O–H groups in total. The molecular formula is C22H29ClN4O3. The third kappa shape index (κ3) is 4.51. The van der Waals surface area contributed by atoms with Gasteiger partial charge in [0.25, 0.3) is 5.91 Å².